The number of aliphatic carboxylic acids is 1. The monoisotopic (exact) mass is 289 g/mol. The first-order chi connectivity index (χ1) is 9.85. The van der Waals surface area contributed by atoms with E-state index < -0.39 is 17.9 Å². The highest BCUT2D eigenvalue weighted by Gasteiger charge is 2.22. The minimum atomic E-state index is -0.952. The SMILES string of the molecule is CC(NC(=O)N(C)Cc1cccc(C#N)c1)C(C)C(=O)O. The number of nitrogens with zero attached hydrogens (tertiary/aromatic N) is 2. The zero-order valence-corrected chi connectivity index (χ0v) is 12.3. The third-order valence-electron chi connectivity index (χ3n) is 3.31. The lowest BCUT2D eigenvalue weighted by molar-refractivity contribution is -0.141. The summed E-state index contributed by atoms with van der Waals surface area (Å²) in [4.78, 5) is 24.3. The Kier molecular flexibility index (Phi) is 5.73. The maximum absolute atomic E-state index is 12.0. The van der Waals surface area contributed by atoms with Crippen LogP contribution in [0.25, 0.3) is 0 Å². The summed E-state index contributed by atoms with van der Waals surface area (Å²) in [7, 11) is 1.62. The number of carboxylic acid groups (broad SMARTS) is 1. The Bertz CT molecular complexity index is 566. The number of carbonyl (C=O) groups is 2. The van der Waals surface area contributed by atoms with Crippen LogP contribution in [0, 0.1) is 17.2 Å². The second kappa shape index (κ2) is 7.29. The van der Waals surface area contributed by atoms with E-state index in [2.05, 4.69) is 5.32 Å². The summed E-state index contributed by atoms with van der Waals surface area (Å²) < 4.78 is 0. The molecule has 6 heteroatoms. The van der Waals surface area contributed by atoms with E-state index in [0.29, 0.717) is 12.1 Å². The number of carbonyl (C=O) groups excluding carboxylic acids is 1. The number of nitrogens with one attached hydrogen (secondary N) is 1. The summed E-state index contributed by atoms with van der Waals surface area (Å²) in [5.74, 6) is -1.61. The standard InChI is InChI=1S/C15H19N3O3/c1-10(14(19)20)11(2)17-15(21)18(3)9-13-6-4-5-12(7-13)8-16/h4-7,10-11H,9H2,1-3H3,(H,17,21)(H,19,20). The topological polar surface area (TPSA) is 93.4 Å². The van der Waals surface area contributed by atoms with Gasteiger partial charge in [0, 0.05) is 19.6 Å². The molecule has 0 saturated carbocycles. The van der Waals surface area contributed by atoms with Crippen molar-refractivity contribution in [3.63, 3.8) is 0 Å². The molecule has 0 radical (unpaired) electrons. The third-order valence-corrected chi connectivity index (χ3v) is 3.31. The van der Waals surface area contributed by atoms with Crippen LogP contribution in [-0.4, -0.2) is 35.1 Å². The van der Waals surface area contributed by atoms with Crippen molar-refractivity contribution in [1.82, 2.24) is 10.2 Å². The average molecular weight is 289 g/mol. The molecule has 0 aliphatic carbocycles. The van der Waals surface area contributed by atoms with Crippen LogP contribution in [-0.2, 0) is 11.3 Å². The van der Waals surface area contributed by atoms with Gasteiger partial charge in [0.1, 0.15) is 0 Å². The molecule has 21 heavy (non-hydrogen) atoms. The Hall–Kier alpha value is -2.55. The predicted octanol–water partition coefficient (Wildman–Crippen LogP) is 1.81. The number of hydrogen-bond acceptors (Lipinski definition) is 3. The van der Waals surface area contributed by atoms with E-state index in [1.165, 1.54) is 4.90 Å². The summed E-state index contributed by atoms with van der Waals surface area (Å²) in [5, 5.41) is 20.4. The quantitative estimate of drug-likeness (QED) is 0.864. The molecule has 1 aromatic rings. The molecular formula is C15H19N3O3. The van der Waals surface area contributed by atoms with Crippen LogP contribution in [0.5, 0.6) is 0 Å². The molecular weight excluding hydrogens is 270 g/mol. The maximum Gasteiger partial charge on any atom is 0.317 e. The number of urea groups is 1. The Balaban J connectivity index is 2.62. The molecule has 0 saturated heterocycles. The van der Waals surface area contributed by atoms with E-state index in [1.54, 1.807) is 39.1 Å². The second-order valence-electron chi connectivity index (χ2n) is 5.03. The molecule has 0 aliphatic rings. The van der Waals surface area contributed by atoms with Gasteiger partial charge in [-0.15, -0.1) is 0 Å². The van der Waals surface area contributed by atoms with Crippen LogP contribution < -0.4 is 5.32 Å². The number of amides is 2. The highest BCUT2D eigenvalue weighted by Crippen LogP contribution is 2.08. The molecule has 0 fully saturated rings. The molecule has 0 aliphatic heterocycles. The largest absolute Gasteiger partial charge is 0.481 e. The second-order valence-corrected chi connectivity index (χ2v) is 5.03. The van der Waals surface area contributed by atoms with Crippen molar-refractivity contribution in [1.29, 1.82) is 5.26 Å². The fourth-order valence-corrected chi connectivity index (χ4v) is 1.73. The van der Waals surface area contributed by atoms with E-state index in [4.69, 9.17) is 10.4 Å². The molecule has 2 unspecified atom stereocenters. The van der Waals surface area contributed by atoms with Crippen molar-refractivity contribution in [2.24, 2.45) is 5.92 Å². The molecule has 0 heterocycles. The molecule has 0 aromatic heterocycles. The van der Waals surface area contributed by atoms with Gasteiger partial charge in [-0.05, 0) is 31.5 Å². The fourth-order valence-electron chi connectivity index (χ4n) is 1.73. The van der Waals surface area contributed by atoms with Crippen LogP contribution in [0.4, 0.5) is 4.79 Å². The Morgan fingerprint density at radius 1 is 1.43 bits per heavy atom. The van der Waals surface area contributed by atoms with Gasteiger partial charge in [-0.2, -0.15) is 5.26 Å². The van der Waals surface area contributed by atoms with Gasteiger partial charge in [0.2, 0.25) is 0 Å². The number of benzene rings is 1. The van der Waals surface area contributed by atoms with Crippen LogP contribution in [0.2, 0.25) is 0 Å². The average Bonchev–Trinajstić information content (AvgIpc) is 2.46. The summed E-state index contributed by atoms with van der Waals surface area (Å²) in [6, 6.07) is 8.22. The van der Waals surface area contributed by atoms with E-state index in [0.717, 1.165) is 5.56 Å². The van der Waals surface area contributed by atoms with Gasteiger partial charge in [0.15, 0.2) is 0 Å². The lowest BCUT2D eigenvalue weighted by atomic mass is 10.0. The smallest absolute Gasteiger partial charge is 0.317 e. The van der Waals surface area contributed by atoms with Crippen LogP contribution in [0.15, 0.2) is 24.3 Å². The van der Waals surface area contributed by atoms with Gasteiger partial charge in [-0.1, -0.05) is 12.1 Å². The van der Waals surface area contributed by atoms with Crippen LogP contribution >= 0.6 is 0 Å². The molecule has 112 valence electrons. The van der Waals surface area contributed by atoms with Crippen molar-refractivity contribution < 1.29 is 14.7 Å². The van der Waals surface area contributed by atoms with Gasteiger partial charge < -0.3 is 15.3 Å². The molecule has 2 amide bonds. The third kappa shape index (κ3) is 4.80. The first kappa shape index (κ1) is 16.5. The summed E-state index contributed by atoms with van der Waals surface area (Å²) in [6.45, 7) is 3.54. The van der Waals surface area contributed by atoms with Crippen molar-refractivity contribution >= 4 is 12.0 Å². The predicted molar refractivity (Wildman–Crippen MR) is 77.4 cm³/mol. The molecule has 0 spiro atoms. The number of carboxylic acids is 1. The van der Waals surface area contributed by atoms with E-state index in [1.807, 2.05) is 12.1 Å². The van der Waals surface area contributed by atoms with Crippen LogP contribution in [0.1, 0.15) is 25.0 Å². The van der Waals surface area contributed by atoms with Crippen molar-refractivity contribution in [3.8, 4) is 6.07 Å². The fraction of sp³-hybridized carbons (Fsp3) is 0.400. The molecule has 0 bridgehead atoms. The highest BCUT2D eigenvalue weighted by atomic mass is 16.4. The molecule has 1 aromatic carbocycles. The summed E-state index contributed by atoms with van der Waals surface area (Å²) >= 11 is 0. The molecule has 1 rings (SSSR count). The first-order valence-electron chi connectivity index (χ1n) is 6.58. The van der Waals surface area contributed by atoms with E-state index >= 15 is 0 Å². The molecule has 6 nitrogen and oxygen atoms in total. The summed E-state index contributed by atoms with van der Waals surface area (Å²) in [5.41, 5.74) is 1.37. The van der Waals surface area contributed by atoms with Gasteiger partial charge in [0.25, 0.3) is 0 Å². The van der Waals surface area contributed by atoms with Gasteiger partial charge in [-0.3, -0.25) is 4.79 Å². The van der Waals surface area contributed by atoms with Crippen molar-refractivity contribution in [2.75, 3.05) is 7.05 Å². The zero-order valence-electron chi connectivity index (χ0n) is 12.3. The Labute approximate surface area is 124 Å². The highest BCUT2D eigenvalue weighted by molar-refractivity contribution is 5.76. The van der Waals surface area contributed by atoms with E-state index in [9.17, 15) is 9.59 Å². The number of hydrogen-bond donors (Lipinski definition) is 2. The van der Waals surface area contributed by atoms with Crippen LogP contribution in [0.3, 0.4) is 0 Å². The lowest BCUT2D eigenvalue weighted by Crippen LogP contribution is -2.45. The molecule has 2 atom stereocenters. The van der Waals surface area contributed by atoms with Gasteiger partial charge >= 0.3 is 12.0 Å². The number of nitriles is 1. The minimum Gasteiger partial charge on any atom is -0.481 e. The van der Waals surface area contributed by atoms with E-state index in [-0.39, 0.29) is 6.03 Å². The first-order valence-corrected chi connectivity index (χ1v) is 6.58. The summed E-state index contributed by atoms with van der Waals surface area (Å²) in [6.07, 6.45) is 0. The number of rotatable bonds is 5. The normalized spacial score (nSPS) is 12.9. The zero-order chi connectivity index (χ0) is 16.0. The Morgan fingerprint density at radius 2 is 2.10 bits per heavy atom. The van der Waals surface area contributed by atoms with Gasteiger partial charge in [0.05, 0.1) is 17.6 Å². The van der Waals surface area contributed by atoms with Crippen molar-refractivity contribution in [2.45, 2.75) is 26.4 Å². The maximum atomic E-state index is 12.0. The molecule has 2 N–H and O–H groups in total. The minimum absolute atomic E-state index is 0.343. The van der Waals surface area contributed by atoms with Crippen molar-refractivity contribution in [3.05, 3.63) is 35.4 Å². The van der Waals surface area contributed by atoms with Gasteiger partial charge in [-0.25, -0.2) is 4.79 Å². The Morgan fingerprint density at radius 3 is 2.67 bits per heavy atom. The lowest BCUT2D eigenvalue weighted by Gasteiger charge is -2.23.